The first-order valence-corrected chi connectivity index (χ1v) is 7.23. The van der Waals surface area contributed by atoms with Crippen LogP contribution in [0.25, 0.3) is 0 Å². The van der Waals surface area contributed by atoms with Gasteiger partial charge in [0.1, 0.15) is 5.76 Å². The van der Waals surface area contributed by atoms with E-state index in [1.165, 1.54) is 5.56 Å². The van der Waals surface area contributed by atoms with Crippen molar-refractivity contribution in [2.45, 2.75) is 39.7 Å². The molecule has 112 valence electrons. The van der Waals surface area contributed by atoms with Crippen LogP contribution in [0, 0.1) is 20.8 Å². The smallest absolute Gasteiger partial charge is 0.276 e. The van der Waals surface area contributed by atoms with Crippen molar-refractivity contribution in [2.75, 3.05) is 6.54 Å². The molecule has 0 aromatic carbocycles. The molecule has 0 spiro atoms. The Morgan fingerprint density at radius 2 is 2.14 bits per heavy atom. The van der Waals surface area contributed by atoms with Gasteiger partial charge >= 0.3 is 0 Å². The molecule has 0 bridgehead atoms. The number of nitrogens with zero attached hydrogens (tertiary/aromatic N) is 4. The standard InChI is InChI=1S/C15H20N4O2/c1-9-8-12(17-21-9)15(20)19-7-5-6-13(19)14-10(2)16-18(4)11(14)3/h8,13H,5-7H2,1-4H3/t13-/m0/s1. The Morgan fingerprint density at radius 1 is 1.38 bits per heavy atom. The summed E-state index contributed by atoms with van der Waals surface area (Å²) >= 11 is 0. The third-order valence-electron chi connectivity index (χ3n) is 4.26. The minimum absolute atomic E-state index is 0.0583. The molecular weight excluding hydrogens is 268 g/mol. The van der Waals surface area contributed by atoms with E-state index >= 15 is 0 Å². The molecule has 6 nitrogen and oxygen atoms in total. The van der Waals surface area contributed by atoms with Gasteiger partial charge in [-0.1, -0.05) is 5.16 Å². The van der Waals surface area contributed by atoms with Crippen molar-refractivity contribution < 1.29 is 9.32 Å². The number of aromatic nitrogens is 3. The highest BCUT2D eigenvalue weighted by Gasteiger charge is 2.34. The maximum Gasteiger partial charge on any atom is 0.276 e. The van der Waals surface area contributed by atoms with Crippen LogP contribution >= 0.6 is 0 Å². The van der Waals surface area contributed by atoms with Crippen LogP contribution in [0.1, 0.15) is 52.1 Å². The first kappa shape index (κ1) is 13.9. The van der Waals surface area contributed by atoms with Crippen LogP contribution in [0.2, 0.25) is 0 Å². The lowest BCUT2D eigenvalue weighted by Crippen LogP contribution is -2.31. The van der Waals surface area contributed by atoms with Gasteiger partial charge in [-0.15, -0.1) is 0 Å². The second-order valence-electron chi connectivity index (χ2n) is 5.69. The number of aryl methyl sites for hydroxylation is 3. The van der Waals surface area contributed by atoms with Gasteiger partial charge in [0.05, 0.1) is 11.7 Å². The molecule has 0 saturated carbocycles. The lowest BCUT2D eigenvalue weighted by molar-refractivity contribution is 0.0724. The normalized spacial score (nSPS) is 18.5. The van der Waals surface area contributed by atoms with Gasteiger partial charge in [-0.2, -0.15) is 5.10 Å². The average molecular weight is 288 g/mol. The number of carbonyl (C=O) groups is 1. The molecule has 21 heavy (non-hydrogen) atoms. The van der Waals surface area contributed by atoms with Crippen molar-refractivity contribution in [2.24, 2.45) is 7.05 Å². The van der Waals surface area contributed by atoms with Gasteiger partial charge in [-0.3, -0.25) is 9.48 Å². The molecule has 3 rings (SSSR count). The fourth-order valence-corrected chi connectivity index (χ4v) is 3.20. The Bertz CT molecular complexity index is 686. The molecule has 3 heterocycles. The lowest BCUT2D eigenvalue weighted by atomic mass is 10.0. The highest BCUT2D eigenvalue weighted by molar-refractivity contribution is 5.92. The Kier molecular flexibility index (Phi) is 3.31. The van der Waals surface area contributed by atoms with E-state index in [9.17, 15) is 4.79 Å². The zero-order valence-corrected chi connectivity index (χ0v) is 12.9. The minimum Gasteiger partial charge on any atom is -0.361 e. The maximum atomic E-state index is 12.6. The zero-order chi connectivity index (χ0) is 15.1. The number of hydrogen-bond acceptors (Lipinski definition) is 4. The molecule has 0 radical (unpaired) electrons. The van der Waals surface area contributed by atoms with Crippen molar-refractivity contribution in [3.63, 3.8) is 0 Å². The zero-order valence-electron chi connectivity index (χ0n) is 12.9. The predicted octanol–water partition coefficient (Wildman–Crippen LogP) is 2.31. The lowest BCUT2D eigenvalue weighted by Gasteiger charge is -2.24. The second kappa shape index (κ2) is 5.02. The predicted molar refractivity (Wildman–Crippen MR) is 76.9 cm³/mol. The molecule has 1 saturated heterocycles. The summed E-state index contributed by atoms with van der Waals surface area (Å²) in [7, 11) is 1.94. The van der Waals surface area contributed by atoms with Gasteiger partial charge in [0.15, 0.2) is 5.69 Å². The largest absolute Gasteiger partial charge is 0.361 e. The third-order valence-corrected chi connectivity index (χ3v) is 4.26. The number of rotatable bonds is 2. The molecule has 1 aliphatic rings. The van der Waals surface area contributed by atoms with E-state index in [0.717, 1.165) is 30.8 Å². The number of carbonyl (C=O) groups excluding carboxylic acids is 1. The van der Waals surface area contributed by atoms with Crippen LogP contribution in [0.4, 0.5) is 0 Å². The first-order chi connectivity index (χ1) is 9.99. The number of hydrogen-bond donors (Lipinski definition) is 0. The van der Waals surface area contributed by atoms with Crippen LogP contribution in [0.5, 0.6) is 0 Å². The molecule has 2 aromatic rings. The molecule has 0 N–H and O–H groups in total. The summed E-state index contributed by atoms with van der Waals surface area (Å²) in [5.74, 6) is 0.597. The van der Waals surface area contributed by atoms with Gasteiger partial charge in [0.25, 0.3) is 5.91 Å². The maximum absolute atomic E-state index is 12.6. The molecule has 0 unspecified atom stereocenters. The van der Waals surface area contributed by atoms with Gasteiger partial charge < -0.3 is 9.42 Å². The summed E-state index contributed by atoms with van der Waals surface area (Å²) in [4.78, 5) is 14.5. The van der Waals surface area contributed by atoms with Crippen LogP contribution < -0.4 is 0 Å². The molecule has 1 fully saturated rings. The van der Waals surface area contributed by atoms with E-state index in [0.29, 0.717) is 11.5 Å². The van der Waals surface area contributed by atoms with E-state index in [2.05, 4.69) is 17.2 Å². The Labute approximate surface area is 123 Å². The van der Waals surface area contributed by atoms with Crippen LogP contribution in [0.3, 0.4) is 0 Å². The summed E-state index contributed by atoms with van der Waals surface area (Å²) < 4.78 is 6.90. The Hall–Kier alpha value is -2.11. The summed E-state index contributed by atoms with van der Waals surface area (Å²) in [5.41, 5.74) is 3.67. The van der Waals surface area contributed by atoms with Gasteiger partial charge in [-0.05, 0) is 33.6 Å². The third kappa shape index (κ3) is 2.24. The monoisotopic (exact) mass is 288 g/mol. The summed E-state index contributed by atoms with van der Waals surface area (Å²) in [6, 6.07) is 1.78. The van der Waals surface area contributed by atoms with E-state index in [-0.39, 0.29) is 11.9 Å². The molecule has 1 amide bonds. The van der Waals surface area contributed by atoms with Crippen molar-refractivity contribution in [1.82, 2.24) is 19.8 Å². The van der Waals surface area contributed by atoms with Crippen molar-refractivity contribution in [1.29, 1.82) is 0 Å². The van der Waals surface area contributed by atoms with Crippen molar-refractivity contribution in [3.8, 4) is 0 Å². The van der Waals surface area contributed by atoms with Crippen LogP contribution in [-0.2, 0) is 7.05 Å². The van der Waals surface area contributed by atoms with E-state index in [1.807, 2.05) is 23.6 Å². The van der Waals surface area contributed by atoms with E-state index < -0.39 is 0 Å². The van der Waals surface area contributed by atoms with Gasteiger partial charge in [0.2, 0.25) is 0 Å². The molecular formula is C15H20N4O2. The summed E-state index contributed by atoms with van der Waals surface area (Å²) in [5, 5.41) is 8.32. The van der Waals surface area contributed by atoms with Crippen LogP contribution in [0.15, 0.2) is 10.6 Å². The average Bonchev–Trinajstić information content (AvgIpc) is 3.11. The molecule has 0 aliphatic carbocycles. The quantitative estimate of drug-likeness (QED) is 0.850. The molecule has 6 heteroatoms. The first-order valence-electron chi connectivity index (χ1n) is 7.23. The number of amides is 1. The fraction of sp³-hybridized carbons (Fsp3) is 0.533. The Morgan fingerprint density at radius 3 is 2.71 bits per heavy atom. The minimum atomic E-state index is -0.0583. The summed E-state index contributed by atoms with van der Waals surface area (Å²) in [6.07, 6.45) is 1.97. The highest BCUT2D eigenvalue weighted by atomic mass is 16.5. The Balaban J connectivity index is 1.94. The molecule has 2 aromatic heterocycles. The summed E-state index contributed by atoms with van der Waals surface area (Å²) in [6.45, 7) is 6.60. The topological polar surface area (TPSA) is 64.2 Å². The van der Waals surface area contributed by atoms with Gasteiger partial charge in [-0.25, -0.2) is 0 Å². The van der Waals surface area contributed by atoms with E-state index in [4.69, 9.17) is 4.52 Å². The van der Waals surface area contributed by atoms with Gasteiger partial charge in [0, 0.05) is 30.9 Å². The highest BCUT2D eigenvalue weighted by Crippen LogP contribution is 2.36. The van der Waals surface area contributed by atoms with Crippen molar-refractivity contribution in [3.05, 3.63) is 34.5 Å². The second-order valence-corrected chi connectivity index (χ2v) is 5.69. The fourth-order valence-electron chi connectivity index (χ4n) is 3.20. The molecule has 1 aliphatic heterocycles. The molecule has 1 atom stereocenters. The van der Waals surface area contributed by atoms with Crippen molar-refractivity contribution >= 4 is 5.91 Å². The van der Waals surface area contributed by atoms with E-state index in [1.54, 1.807) is 13.0 Å². The van der Waals surface area contributed by atoms with Crippen LogP contribution in [-0.4, -0.2) is 32.3 Å². The number of likely N-dealkylation sites (tertiary alicyclic amines) is 1. The SMILES string of the molecule is Cc1cc(C(=O)N2CCC[C@H]2c2c(C)nn(C)c2C)no1.